The first-order chi connectivity index (χ1) is 13.0. The van der Waals surface area contributed by atoms with Crippen LogP contribution in [0.15, 0.2) is 48.9 Å². The van der Waals surface area contributed by atoms with Crippen LogP contribution in [0.3, 0.4) is 0 Å². The molecule has 136 valence electrons. The molecule has 3 heterocycles. The van der Waals surface area contributed by atoms with Crippen LogP contribution in [0.2, 0.25) is 0 Å². The summed E-state index contributed by atoms with van der Waals surface area (Å²) in [5.74, 6) is -0.829. The normalized spacial score (nSPS) is 19.4. The summed E-state index contributed by atoms with van der Waals surface area (Å²) in [5, 5.41) is 13.6. The van der Waals surface area contributed by atoms with Gasteiger partial charge in [0.05, 0.1) is 17.9 Å². The molecule has 0 unspecified atom stereocenters. The van der Waals surface area contributed by atoms with Crippen molar-refractivity contribution >= 4 is 17.7 Å². The standard InChI is InChI=1S/C17H15N7O3/c1-17(11-4-6-12(7-5-11)24-10-19-21-22-24)15(26)23(16(27)20-17)9-14(25)13-3-2-8-18-13/h2-8,10,18H,9H2,1H3,(H,20,27)/t17-/m1/s1. The highest BCUT2D eigenvalue weighted by molar-refractivity contribution is 6.10. The number of imide groups is 1. The van der Waals surface area contributed by atoms with Crippen molar-refractivity contribution in [3.05, 3.63) is 60.2 Å². The molecule has 4 rings (SSSR count). The van der Waals surface area contributed by atoms with Crippen molar-refractivity contribution in [3.8, 4) is 5.69 Å². The second-order valence-electron chi connectivity index (χ2n) is 6.25. The van der Waals surface area contributed by atoms with Gasteiger partial charge in [-0.25, -0.2) is 9.48 Å². The van der Waals surface area contributed by atoms with Crippen LogP contribution >= 0.6 is 0 Å². The van der Waals surface area contributed by atoms with Crippen LogP contribution in [-0.4, -0.2) is 54.4 Å². The van der Waals surface area contributed by atoms with Gasteiger partial charge in [0.25, 0.3) is 5.91 Å². The number of benzene rings is 1. The number of nitrogens with one attached hydrogen (secondary N) is 2. The summed E-state index contributed by atoms with van der Waals surface area (Å²) in [5.41, 5.74) is 0.386. The molecule has 1 aliphatic rings. The Balaban J connectivity index is 1.57. The number of tetrazole rings is 1. The number of urea groups is 1. The van der Waals surface area contributed by atoms with Crippen molar-refractivity contribution in [3.63, 3.8) is 0 Å². The van der Waals surface area contributed by atoms with E-state index >= 15 is 0 Å². The Hall–Kier alpha value is -3.82. The van der Waals surface area contributed by atoms with E-state index in [-0.39, 0.29) is 12.3 Å². The van der Waals surface area contributed by atoms with E-state index < -0.39 is 17.5 Å². The predicted molar refractivity (Wildman–Crippen MR) is 91.9 cm³/mol. The molecule has 1 aromatic carbocycles. The zero-order chi connectivity index (χ0) is 19.0. The van der Waals surface area contributed by atoms with Crippen LogP contribution in [0.5, 0.6) is 0 Å². The van der Waals surface area contributed by atoms with Gasteiger partial charge >= 0.3 is 6.03 Å². The summed E-state index contributed by atoms with van der Waals surface area (Å²) in [6.07, 6.45) is 3.06. The van der Waals surface area contributed by atoms with E-state index in [4.69, 9.17) is 0 Å². The van der Waals surface area contributed by atoms with Gasteiger partial charge in [-0.3, -0.25) is 14.5 Å². The maximum absolute atomic E-state index is 12.9. The minimum atomic E-state index is -1.26. The number of Topliss-reactive ketones (excluding diaryl/α,β-unsaturated/α-hetero) is 1. The fraction of sp³-hybridized carbons (Fsp3) is 0.176. The second-order valence-corrected chi connectivity index (χ2v) is 6.25. The van der Waals surface area contributed by atoms with Crippen LogP contribution in [0.25, 0.3) is 5.69 Å². The number of ketones is 1. The SMILES string of the molecule is C[C@]1(c2ccc(-n3cnnn3)cc2)NC(=O)N(CC(=O)c2ccc[nH]2)C1=O. The number of rotatable bonds is 5. The predicted octanol–water partition coefficient (Wildman–Crippen LogP) is 0.640. The number of nitrogens with zero attached hydrogens (tertiary/aromatic N) is 5. The lowest BCUT2D eigenvalue weighted by molar-refractivity contribution is -0.130. The molecule has 1 saturated heterocycles. The van der Waals surface area contributed by atoms with E-state index in [2.05, 4.69) is 25.8 Å². The molecular formula is C17H15N7O3. The second kappa shape index (κ2) is 6.16. The molecule has 2 N–H and O–H groups in total. The van der Waals surface area contributed by atoms with Gasteiger partial charge in [0.2, 0.25) is 0 Å². The van der Waals surface area contributed by atoms with Crippen molar-refractivity contribution in [2.75, 3.05) is 6.54 Å². The number of carbonyl (C=O) groups excluding carboxylic acids is 3. The lowest BCUT2D eigenvalue weighted by Crippen LogP contribution is -2.41. The fourth-order valence-corrected chi connectivity index (χ4v) is 3.00. The minimum absolute atomic E-state index is 0.330. The molecule has 0 bridgehead atoms. The molecule has 1 aliphatic heterocycles. The quantitative estimate of drug-likeness (QED) is 0.505. The van der Waals surface area contributed by atoms with Crippen molar-refractivity contribution < 1.29 is 14.4 Å². The Morgan fingerprint density at radius 3 is 2.59 bits per heavy atom. The average Bonchev–Trinajstić information content (AvgIpc) is 3.41. The summed E-state index contributed by atoms with van der Waals surface area (Å²) < 4.78 is 1.47. The molecule has 1 atom stereocenters. The molecule has 3 aromatic rings. The van der Waals surface area contributed by atoms with Crippen molar-refractivity contribution in [1.82, 2.24) is 35.4 Å². The van der Waals surface area contributed by atoms with Crippen molar-refractivity contribution in [2.24, 2.45) is 0 Å². The molecule has 0 saturated carbocycles. The van der Waals surface area contributed by atoms with Crippen LogP contribution in [0.1, 0.15) is 23.0 Å². The van der Waals surface area contributed by atoms with Gasteiger partial charge in [-0.1, -0.05) is 12.1 Å². The van der Waals surface area contributed by atoms with Crippen LogP contribution in [0.4, 0.5) is 4.79 Å². The van der Waals surface area contributed by atoms with Gasteiger partial charge < -0.3 is 10.3 Å². The third-order valence-corrected chi connectivity index (χ3v) is 4.53. The van der Waals surface area contributed by atoms with Gasteiger partial charge in [0.1, 0.15) is 11.9 Å². The molecule has 27 heavy (non-hydrogen) atoms. The minimum Gasteiger partial charge on any atom is -0.359 e. The lowest BCUT2D eigenvalue weighted by Gasteiger charge is -2.22. The fourth-order valence-electron chi connectivity index (χ4n) is 3.00. The summed E-state index contributed by atoms with van der Waals surface area (Å²) in [7, 11) is 0. The first kappa shape index (κ1) is 16.6. The highest BCUT2D eigenvalue weighted by atomic mass is 16.2. The Morgan fingerprint density at radius 2 is 1.96 bits per heavy atom. The third kappa shape index (κ3) is 2.76. The topological polar surface area (TPSA) is 126 Å². The Kier molecular flexibility index (Phi) is 3.80. The molecule has 1 fully saturated rings. The van der Waals surface area contributed by atoms with Crippen molar-refractivity contribution in [1.29, 1.82) is 0 Å². The zero-order valence-corrected chi connectivity index (χ0v) is 14.3. The molecule has 0 aliphatic carbocycles. The van der Waals surface area contributed by atoms with Gasteiger partial charge in [0, 0.05) is 6.20 Å². The van der Waals surface area contributed by atoms with E-state index in [9.17, 15) is 14.4 Å². The van der Waals surface area contributed by atoms with Gasteiger partial charge in [-0.05, 0) is 47.2 Å². The molecular weight excluding hydrogens is 350 g/mol. The molecule has 10 nitrogen and oxygen atoms in total. The smallest absolute Gasteiger partial charge is 0.325 e. The van der Waals surface area contributed by atoms with E-state index in [0.29, 0.717) is 16.9 Å². The van der Waals surface area contributed by atoms with Gasteiger partial charge in [-0.15, -0.1) is 5.10 Å². The molecule has 2 aromatic heterocycles. The average molecular weight is 365 g/mol. The van der Waals surface area contributed by atoms with Crippen LogP contribution in [-0.2, 0) is 10.3 Å². The van der Waals surface area contributed by atoms with Gasteiger partial charge in [0.15, 0.2) is 5.78 Å². The number of aromatic amines is 1. The molecule has 10 heteroatoms. The number of hydrogen-bond donors (Lipinski definition) is 2. The van der Waals surface area contributed by atoms with Crippen LogP contribution < -0.4 is 5.32 Å². The third-order valence-electron chi connectivity index (χ3n) is 4.53. The first-order valence-corrected chi connectivity index (χ1v) is 8.13. The summed E-state index contributed by atoms with van der Waals surface area (Å²) >= 11 is 0. The number of carbonyl (C=O) groups is 3. The number of H-pyrrole nitrogens is 1. The van der Waals surface area contributed by atoms with Crippen molar-refractivity contribution in [2.45, 2.75) is 12.5 Å². The monoisotopic (exact) mass is 365 g/mol. The largest absolute Gasteiger partial charge is 0.359 e. The Morgan fingerprint density at radius 1 is 1.19 bits per heavy atom. The molecule has 0 radical (unpaired) electrons. The highest BCUT2D eigenvalue weighted by Gasteiger charge is 2.49. The van der Waals surface area contributed by atoms with E-state index in [1.54, 1.807) is 49.5 Å². The summed E-state index contributed by atoms with van der Waals surface area (Å²) in [4.78, 5) is 41.2. The number of amides is 3. The van der Waals surface area contributed by atoms with Gasteiger partial charge in [-0.2, -0.15) is 0 Å². The first-order valence-electron chi connectivity index (χ1n) is 8.13. The lowest BCUT2D eigenvalue weighted by atomic mass is 9.92. The molecule has 0 spiro atoms. The Labute approximate surface area is 153 Å². The van der Waals surface area contributed by atoms with E-state index in [1.165, 1.54) is 11.0 Å². The number of aromatic nitrogens is 5. The van der Waals surface area contributed by atoms with Crippen LogP contribution in [0, 0.1) is 0 Å². The van der Waals surface area contributed by atoms with E-state index in [1.807, 2.05) is 0 Å². The maximum Gasteiger partial charge on any atom is 0.325 e. The zero-order valence-electron chi connectivity index (χ0n) is 14.3. The number of hydrogen-bond acceptors (Lipinski definition) is 6. The Bertz CT molecular complexity index is 996. The van der Waals surface area contributed by atoms with E-state index in [0.717, 1.165) is 4.90 Å². The summed E-state index contributed by atoms with van der Waals surface area (Å²) in [6.45, 7) is 1.28. The maximum atomic E-state index is 12.9. The molecule has 3 amide bonds. The highest BCUT2D eigenvalue weighted by Crippen LogP contribution is 2.29. The summed E-state index contributed by atoms with van der Waals surface area (Å²) in [6, 6.07) is 9.57.